The smallest absolute Gasteiger partial charge is 0.304 e. The fraction of sp³-hybridized carbons (Fsp3) is 0.154. The summed E-state index contributed by atoms with van der Waals surface area (Å²) in [5.74, 6) is -0.309. The predicted octanol–water partition coefficient (Wildman–Crippen LogP) is 3.92. The van der Waals surface area contributed by atoms with Crippen molar-refractivity contribution in [2.75, 3.05) is 13.7 Å². The van der Waals surface area contributed by atoms with E-state index in [1.807, 2.05) is 30.3 Å². The zero-order valence-corrected chi connectivity index (χ0v) is 19.8. The van der Waals surface area contributed by atoms with E-state index in [0.29, 0.717) is 23.7 Å². The molecule has 0 radical (unpaired) electrons. The summed E-state index contributed by atoms with van der Waals surface area (Å²) in [6.45, 7) is 0.143. The van der Waals surface area contributed by atoms with Crippen LogP contribution in [0.4, 0.5) is 0 Å². The molecule has 2 N–H and O–H groups in total. The Hall–Kier alpha value is -3.95. The summed E-state index contributed by atoms with van der Waals surface area (Å²) < 4.78 is 37.9. The summed E-state index contributed by atoms with van der Waals surface area (Å²) in [6, 6.07) is 20.4. The molecule has 182 valence electrons. The van der Waals surface area contributed by atoms with Crippen molar-refractivity contribution in [3.8, 4) is 11.5 Å². The van der Waals surface area contributed by atoms with Gasteiger partial charge in [0.2, 0.25) is 10.0 Å². The van der Waals surface area contributed by atoms with Crippen LogP contribution >= 0.6 is 0 Å². The van der Waals surface area contributed by atoms with Crippen LogP contribution in [0.25, 0.3) is 6.08 Å². The minimum Gasteiger partial charge on any atom is -0.493 e. The molecular weight excluding hydrogens is 470 g/mol. The Bertz CT molecular complexity index is 1300. The van der Waals surface area contributed by atoms with Crippen molar-refractivity contribution in [1.82, 2.24) is 4.72 Å². The van der Waals surface area contributed by atoms with Crippen molar-refractivity contribution in [3.05, 3.63) is 95.6 Å². The van der Waals surface area contributed by atoms with Crippen LogP contribution in [-0.2, 0) is 21.4 Å². The van der Waals surface area contributed by atoms with E-state index < -0.39 is 16.0 Å². The molecule has 0 amide bonds. The van der Waals surface area contributed by atoms with Crippen molar-refractivity contribution < 1.29 is 32.6 Å². The number of hydrogen-bond donors (Lipinski definition) is 2. The van der Waals surface area contributed by atoms with Gasteiger partial charge in [0.1, 0.15) is 6.61 Å². The summed E-state index contributed by atoms with van der Waals surface area (Å²) in [5.41, 5.74) is 2.04. The van der Waals surface area contributed by atoms with E-state index in [4.69, 9.17) is 14.6 Å². The number of ketones is 1. The van der Waals surface area contributed by atoms with Crippen molar-refractivity contribution in [1.29, 1.82) is 0 Å². The lowest BCUT2D eigenvalue weighted by Gasteiger charge is -2.11. The van der Waals surface area contributed by atoms with Gasteiger partial charge in [-0.25, -0.2) is 13.1 Å². The Morgan fingerprint density at radius 1 is 0.971 bits per heavy atom. The molecule has 0 aliphatic heterocycles. The quantitative estimate of drug-likeness (QED) is 0.289. The second-order valence-corrected chi connectivity index (χ2v) is 9.21. The first kappa shape index (κ1) is 25.7. The second kappa shape index (κ2) is 12.0. The molecule has 0 aliphatic carbocycles. The lowest BCUT2D eigenvalue weighted by Crippen LogP contribution is -2.26. The fourth-order valence-electron chi connectivity index (χ4n) is 3.09. The molecule has 3 aromatic carbocycles. The number of carboxylic acids is 1. The minimum atomic E-state index is -3.86. The molecule has 8 nitrogen and oxygen atoms in total. The van der Waals surface area contributed by atoms with Gasteiger partial charge in [0, 0.05) is 12.1 Å². The third-order valence-corrected chi connectivity index (χ3v) is 6.41. The molecule has 0 aliphatic rings. The fourth-order valence-corrected chi connectivity index (χ4v) is 4.12. The Balaban J connectivity index is 1.67. The molecule has 3 aromatic rings. The van der Waals surface area contributed by atoms with Gasteiger partial charge in [-0.2, -0.15) is 0 Å². The van der Waals surface area contributed by atoms with Gasteiger partial charge in [-0.15, -0.1) is 0 Å². The molecule has 9 heteroatoms. The number of sulfonamides is 1. The average molecular weight is 496 g/mol. The Morgan fingerprint density at radius 2 is 1.69 bits per heavy atom. The van der Waals surface area contributed by atoms with Crippen LogP contribution in [0.2, 0.25) is 0 Å². The Labute approximate surface area is 203 Å². The van der Waals surface area contributed by atoms with Crippen molar-refractivity contribution in [2.45, 2.75) is 17.9 Å². The van der Waals surface area contributed by atoms with Gasteiger partial charge in [-0.3, -0.25) is 9.59 Å². The van der Waals surface area contributed by atoms with E-state index in [9.17, 15) is 18.0 Å². The third kappa shape index (κ3) is 7.53. The minimum absolute atomic E-state index is 0.0567. The van der Waals surface area contributed by atoms with E-state index in [-0.39, 0.29) is 23.6 Å². The molecule has 0 heterocycles. The topological polar surface area (TPSA) is 119 Å². The van der Waals surface area contributed by atoms with Crippen molar-refractivity contribution in [3.63, 3.8) is 0 Å². The van der Waals surface area contributed by atoms with Gasteiger partial charge in [0.25, 0.3) is 0 Å². The van der Waals surface area contributed by atoms with Crippen LogP contribution in [0.1, 0.15) is 27.9 Å². The second-order valence-electron chi connectivity index (χ2n) is 7.45. The normalized spacial score (nSPS) is 11.3. The van der Waals surface area contributed by atoms with E-state index in [1.54, 1.807) is 31.4 Å². The number of nitrogens with one attached hydrogen (secondary N) is 1. The van der Waals surface area contributed by atoms with E-state index in [2.05, 4.69) is 4.72 Å². The van der Waals surface area contributed by atoms with E-state index >= 15 is 0 Å². The number of rotatable bonds is 12. The van der Waals surface area contributed by atoms with Gasteiger partial charge >= 0.3 is 5.97 Å². The molecule has 0 saturated heterocycles. The number of carbonyl (C=O) groups excluding carboxylic acids is 1. The molecule has 0 atom stereocenters. The predicted molar refractivity (Wildman–Crippen MR) is 131 cm³/mol. The average Bonchev–Trinajstić information content (AvgIpc) is 2.86. The zero-order chi connectivity index (χ0) is 25.3. The van der Waals surface area contributed by atoms with Crippen molar-refractivity contribution >= 4 is 27.9 Å². The standard InChI is InChI=1S/C26H25NO7S/c1-33-24-14-8-19(17-25(24)34-18-20-5-3-2-4-6-20)7-13-23(28)21-9-11-22(12-10-21)35(31,32)27-16-15-26(29)30/h2-14,17,27H,15-16,18H2,1H3,(H,29,30)/b13-7+. The maximum Gasteiger partial charge on any atom is 0.304 e. The first-order chi connectivity index (χ1) is 16.8. The summed E-state index contributed by atoms with van der Waals surface area (Å²) >= 11 is 0. The number of aliphatic carboxylic acids is 1. The summed E-state index contributed by atoms with van der Waals surface area (Å²) in [6.07, 6.45) is 2.69. The number of allylic oxidation sites excluding steroid dienone is 1. The van der Waals surface area contributed by atoms with Gasteiger partial charge in [0.15, 0.2) is 17.3 Å². The van der Waals surface area contributed by atoms with Gasteiger partial charge < -0.3 is 14.6 Å². The molecule has 3 rings (SSSR count). The first-order valence-electron chi connectivity index (χ1n) is 10.7. The van der Waals surface area contributed by atoms with Gasteiger partial charge in [-0.1, -0.05) is 42.5 Å². The lowest BCUT2D eigenvalue weighted by molar-refractivity contribution is -0.136. The summed E-state index contributed by atoms with van der Waals surface area (Å²) in [5, 5.41) is 8.63. The lowest BCUT2D eigenvalue weighted by atomic mass is 10.1. The van der Waals surface area contributed by atoms with Crippen LogP contribution in [0.15, 0.2) is 83.8 Å². The number of ether oxygens (including phenoxy) is 2. The number of carbonyl (C=O) groups is 2. The maximum absolute atomic E-state index is 12.6. The molecule has 35 heavy (non-hydrogen) atoms. The van der Waals surface area contributed by atoms with Crippen LogP contribution < -0.4 is 14.2 Å². The van der Waals surface area contributed by atoms with Gasteiger partial charge in [-0.05, 0) is 53.6 Å². The molecule has 0 saturated carbocycles. The maximum atomic E-state index is 12.6. The van der Waals surface area contributed by atoms with Crippen molar-refractivity contribution in [2.24, 2.45) is 0 Å². The van der Waals surface area contributed by atoms with E-state index in [0.717, 1.165) is 11.1 Å². The number of benzene rings is 3. The molecule has 0 unspecified atom stereocenters. The Kier molecular flexibility index (Phi) is 8.77. The highest BCUT2D eigenvalue weighted by Crippen LogP contribution is 2.29. The Morgan fingerprint density at radius 3 is 2.34 bits per heavy atom. The third-order valence-electron chi connectivity index (χ3n) is 4.93. The monoisotopic (exact) mass is 495 g/mol. The van der Waals surface area contributed by atoms with Crippen LogP contribution in [-0.4, -0.2) is 38.9 Å². The van der Waals surface area contributed by atoms with Gasteiger partial charge in [0.05, 0.1) is 18.4 Å². The molecule has 0 spiro atoms. The van der Waals surface area contributed by atoms with E-state index in [1.165, 1.54) is 30.3 Å². The first-order valence-corrected chi connectivity index (χ1v) is 12.2. The largest absolute Gasteiger partial charge is 0.493 e. The SMILES string of the molecule is COc1ccc(/C=C/C(=O)c2ccc(S(=O)(=O)NCCC(=O)O)cc2)cc1OCc1ccccc1. The summed E-state index contributed by atoms with van der Waals surface area (Å²) in [4.78, 5) is 23.1. The number of hydrogen-bond acceptors (Lipinski definition) is 6. The molecule has 0 aromatic heterocycles. The van der Waals surface area contributed by atoms with Crippen LogP contribution in [0.5, 0.6) is 11.5 Å². The summed E-state index contributed by atoms with van der Waals surface area (Å²) in [7, 11) is -2.31. The highest BCUT2D eigenvalue weighted by atomic mass is 32.2. The number of methoxy groups -OCH3 is 1. The molecular formula is C26H25NO7S. The van der Waals surface area contributed by atoms with Crippen LogP contribution in [0.3, 0.4) is 0 Å². The van der Waals surface area contributed by atoms with Crippen LogP contribution in [0, 0.1) is 0 Å². The molecule has 0 bridgehead atoms. The zero-order valence-electron chi connectivity index (χ0n) is 19.0. The molecule has 0 fully saturated rings. The number of carboxylic acid groups (broad SMARTS) is 1. The highest BCUT2D eigenvalue weighted by molar-refractivity contribution is 7.89. The highest BCUT2D eigenvalue weighted by Gasteiger charge is 2.15.